The molecule has 4 rings (SSSR count). The second-order valence-electron chi connectivity index (χ2n) is 8.57. The Balaban J connectivity index is 1.42. The number of halogens is 4. The van der Waals surface area contributed by atoms with Crippen LogP contribution in [-0.4, -0.2) is 71.0 Å². The first-order valence-electron chi connectivity index (χ1n) is 11.3. The minimum atomic E-state index is -2.92. The first-order chi connectivity index (χ1) is 16.7. The van der Waals surface area contributed by atoms with E-state index < -0.39 is 31.0 Å². The molecule has 1 aliphatic heterocycles. The van der Waals surface area contributed by atoms with Gasteiger partial charge in [-0.05, 0) is 37.5 Å². The predicted octanol–water partition coefficient (Wildman–Crippen LogP) is 2.77. The lowest BCUT2D eigenvalue weighted by atomic mass is 10.1. The molecule has 1 fully saturated rings. The zero-order valence-corrected chi connectivity index (χ0v) is 19.1. The van der Waals surface area contributed by atoms with Crippen LogP contribution in [0.15, 0.2) is 29.2 Å². The zero-order valence-electron chi connectivity index (χ0n) is 19.1. The van der Waals surface area contributed by atoms with Gasteiger partial charge in [0.25, 0.3) is 24.3 Å². The number of amides is 1. The molecule has 12 heteroatoms. The number of nitrogens with zero attached hydrogens (tertiary/aromatic N) is 4. The number of nitrogens with one attached hydrogen (secondary N) is 2. The summed E-state index contributed by atoms with van der Waals surface area (Å²) in [4.78, 5) is 38.8. The van der Waals surface area contributed by atoms with Crippen molar-refractivity contribution in [3.8, 4) is 0 Å². The van der Waals surface area contributed by atoms with Crippen LogP contribution in [0, 0.1) is 6.92 Å². The average Bonchev–Trinajstić information content (AvgIpc) is 3.34. The first kappa shape index (κ1) is 24.8. The molecule has 1 saturated heterocycles. The maximum Gasteiger partial charge on any atom is 0.282 e. The SMILES string of the molecule is Cc1cnc(C2=CC(N3CCN(c4ccc(C(=O)NCC(F)F)nc4C(F)F)CC3)CC2)[nH]c1=O. The van der Waals surface area contributed by atoms with Crippen LogP contribution in [0.3, 0.4) is 0 Å². The van der Waals surface area contributed by atoms with Crippen LogP contribution in [0.2, 0.25) is 0 Å². The van der Waals surface area contributed by atoms with Gasteiger partial charge in [0.05, 0.1) is 12.2 Å². The van der Waals surface area contributed by atoms with Gasteiger partial charge in [-0.1, -0.05) is 6.08 Å². The third kappa shape index (κ3) is 5.69. The summed E-state index contributed by atoms with van der Waals surface area (Å²) in [6, 6.07) is 2.83. The van der Waals surface area contributed by atoms with Gasteiger partial charge in [-0.2, -0.15) is 0 Å². The Morgan fingerprint density at radius 2 is 1.94 bits per heavy atom. The fourth-order valence-corrected chi connectivity index (χ4v) is 4.39. The molecule has 1 atom stereocenters. The second-order valence-corrected chi connectivity index (χ2v) is 8.57. The number of carbonyl (C=O) groups is 1. The molecular formula is C23H26F4N6O2. The number of aromatic amines is 1. The summed E-state index contributed by atoms with van der Waals surface area (Å²) >= 11 is 0. The summed E-state index contributed by atoms with van der Waals surface area (Å²) in [6.07, 6.45) is -0.350. The molecule has 0 radical (unpaired) electrons. The molecular weight excluding hydrogens is 468 g/mol. The summed E-state index contributed by atoms with van der Waals surface area (Å²) in [5.74, 6) is -0.344. The molecule has 1 amide bonds. The quantitative estimate of drug-likeness (QED) is 0.575. The molecule has 8 nitrogen and oxygen atoms in total. The Hall–Kier alpha value is -3.28. The largest absolute Gasteiger partial charge is 0.367 e. The summed E-state index contributed by atoms with van der Waals surface area (Å²) in [5, 5.41) is 1.98. The molecule has 0 saturated carbocycles. The third-order valence-corrected chi connectivity index (χ3v) is 6.27. The van der Waals surface area contributed by atoms with E-state index in [-0.39, 0.29) is 23.0 Å². The number of aryl methyl sites for hydroxylation is 1. The highest BCUT2D eigenvalue weighted by atomic mass is 19.3. The summed E-state index contributed by atoms with van der Waals surface area (Å²) in [7, 11) is 0. The highest BCUT2D eigenvalue weighted by Gasteiger charge is 2.29. The molecule has 2 aliphatic rings. The summed E-state index contributed by atoms with van der Waals surface area (Å²) in [6.45, 7) is 3.06. The molecule has 1 unspecified atom stereocenters. The Bertz CT molecular complexity index is 1160. The number of rotatable bonds is 7. The van der Waals surface area contributed by atoms with Gasteiger partial charge in [0.15, 0.2) is 0 Å². The number of piperazine rings is 1. The van der Waals surface area contributed by atoms with E-state index in [9.17, 15) is 27.2 Å². The molecule has 188 valence electrons. The lowest BCUT2D eigenvalue weighted by molar-refractivity contribution is 0.0885. The highest BCUT2D eigenvalue weighted by molar-refractivity contribution is 5.92. The molecule has 35 heavy (non-hydrogen) atoms. The fourth-order valence-electron chi connectivity index (χ4n) is 4.39. The van der Waals surface area contributed by atoms with E-state index >= 15 is 0 Å². The number of pyridine rings is 1. The number of hydrogen-bond acceptors (Lipinski definition) is 6. The van der Waals surface area contributed by atoms with E-state index in [2.05, 4.69) is 25.9 Å². The zero-order chi connectivity index (χ0) is 25.1. The smallest absolute Gasteiger partial charge is 0.282 e. The third-order valence-electron chi connectivity index (χ3n) is 6.27. The van der Waals surface area contributed by atoms with Gasteiger partial charge in [-0.3, -0.25) is 14.5 Å². The number of hydrogen-bond donors (Lipinski definition) is 2. The number of alkyl halides is 4. The molecule has 0 bridgehead atoms. The van der Waals surface area contributed by atoms with Crippen molar-refractivity contribution in [2.75, 3.05) is 37.6 Å². The lowest BCUT2D eigenvalue weighted by Crippen LogP contribution is -2.49. The minimum Gasteiger partial charge on any atom is -0.367 e. The number of carbonyl (C=O) groups excluding carboxylic acids is 1. The number of allylic oxidation sites excluding steroid dienone is 1. The van der Waals surface area contributed by atoms with E-state index in [1.165, 1.54) is 12.1 Å². The van der Waals surface area contributed by atoms with Crippen molar-refractivity contribution in [3.05, 3.63) is 57.5 Å². The molecule has 0 aromatic carbocycles. The van der Waals surface area contributed by atoms with Crippen LogP contribution in [0.25, 0.3) is 5.57 Å². The van der Waals surface area contributed by atoms with Gasteiger partial charge in [-0.15, -0.1) is 0 Å². The number of H-pyrrole nitrogens is 1. The Labute approximate surface area is 199 Å². The Morgan fingerprint density at radius 3 is 2.60 bits per heavy atom. The van der Waals surface area contributed by atoms with Gasteiger partial charge in [-0.25, -0.2) is 27.5 Å². The topological polar surface area (TPSA) is 94.2 Å². The van der Waals surface area contributed by atoms with Crippen molar-refractivity contribution in [2.45, 2.75) is 38.7 Å². The average molecular weight is 494 g/mol. The molecule has 1 aliphatic carbocycles. The van der Waals surface area contributed by atoms with Crippen molar-refractivity contribution in [2.24, 2.45) is 0 Å². The van der Waals surface area contributed by atoms with E-state index in [0.717, 1.165) is 18.4 Å². The van der Waals surface area contributed by atoms with E-state index in [0.29, 0.717) is 37.6 Å². The van der Waals surface area contributed by atoms with E-state index in [1.807, 2.05) is 5.32 Å². The maximum atomic E-state index is 13.7. The normalized spacial score (nSPS) is 18.9. The van der Waals surface area contributed by atoms with Crippen molar-refractivity contribution < 1.29 is 22.4 Å². The molecule has 2 aromatic heterocycles. The molecule has 0 spiro atoms. The molecule has 2 N–H and O–H groups in total. The van der Waals surface area contributed by atoms with Crippen LogP contribution >= 0.6 is 0 Å². The molecule has 3 heterocycles. The van der Waals surface area contributed by atoms with Gasteiger partial charge >= 0.3 is 0 Å². The van der Waals surface area contributed by atoms with Gasteiger partial charge in [0.1, 0.15) is 17.2 Å². The monoisotopic (exact) mass is 494 g/mol. The van der Waals surface area contributed by atoms with Crippen LogP contribution in [0.4, 0.5) is 23.2 Å². The van der Waals surface area contributed by atoms with Gasteiger partial charge in [0, 0.05) is 44.0 Å². The number of aromatic nitrogens is 3. The van der Waals surface area contributed by atoms with Gasteiger partial charge < -0.3 is 15.2 Å². The molecule has 2 aromatic rings. The van der Waals surface area contributed by atoms with E-state index in [1.54, 1.807) is 18.0 Å². The van der Waals surface area contributed by atoms with Crippen LogP contribution in [-0.2, 0) is 0 Å². The predicted molar refractivity (Wildman–Crippen MR) is 122 cm³/mol. The minimum absolute atomic E-state index is 0.158. The fraction of sp³-hybridized carbons (Fsp3) is 0.478. The van der Waals surface area contributed by atoms with Crippen molar-refractivity contribution in [1.82, 2.24) is 25.2 Å². The maximum absolute atomic E-state index is 13.7. The number of anilines is 1. The summed E-state index contributed by atoms with van der Waals surface area (Å²) < 4.78 is 52.1. The van der Waals surface area contributed by atoms with Crippen LogP contribution in [0.5, 0.6) is 0 Å². The van der Waals surface area contributed by atoms with E-state index in [4.69, 9.17) is 0 Å². The van der Waals surface area contributed by atoms with Crippen molar-refractivity contribution in [1.29, 1.82) is 0 Å². The Morgan fingerprint density at radius 1 is 1.20 bits per heavy atom. The standard InChI is InChI=1S/C23H26F4N6O2/c1-13-11-28-21(31-22(13)34)14-2-3-15(10-14)32-6-8-33(9-7-32)17-5-4-16(30-19(17)20(26)27)23(35)29-12-18(24)25/h4-5,10-11,15,18,20H,2-3,6-9,12H2,1H3,(H,29,35)(H,28,31,34). The van der Waals surface area contributed by atoms with Crippen LogP contribution in [0.1, 0.15) is 46.8 Å². The Kier molecular flexibility index (Phi) is 7.48. The van der Waals surface area contributed by atoms with Gasteiger partial charge in [0.2, 0.25) is 0 Å². The summed E-state index contributed by atoms with van der Waals surface area (Å²) in [5.41, 5.74) is 0.748. The highest BCUT2D eigenvalue weighted by Crippen LogP contribution is 2.32. The van der Waals surface area contributed by atoms with Crippen molar-refractivity contribution in [3.63, 3.8) is 0 Å². The van der Waals surface area contributed by atoms with Crippen LogP contribution < -0.4 is 15.8 Å². The lowest BCUT2D eigenvalue weighted by Gasteiger charge is -2.39. The first-order valence-corrected chi connectivity index (χ1v) is 11.3. The van der Waals surface area contributed by atoms with Crippen molar-refractivity contribution >= 4 is 17.2 Å². The second kappa shape index (κ2) is 10.5.